The largest absolute Gasteiger partial charge is 0.497 e. The molecule has 1 aromatic carbocycles. The summed E-state index contributed by atoms with van der Waals surface area (Å²) < 4.78 is 29.7. The van der Waals surface area contributed by atoms with Gasteiger partial charge >= 0.3 is 0 Å². The summed E-state index contributed by atoms with van der Waals surface area (Å²) in [6, 6.07) is 7.19. The van der Waals surface area contributed by atoms with Crippen molar-refractivity contribution in [3.8, 4) is 5.75 Å². The van der Waals surface area contributed by atoms with Gasteiger partial charge in [-0.1, -0.05) is 18.2 Å². The Morgan fingerprint density at radius 3 is 2.50 bits per heavy atom. The zero-order valence-corrected chi connectivity index (χ0v) is 15.0. The summed E-state index contributed by atoms with van der Waals surface area (Å²) in [7, 11) is -0.700. The van der Waals surface area contributed by atoms with Crippen molar-refractivity contribution in [3.63, 3.8) is 0 Å². The predicted octanol–water partition coefficient (Wildman–Crippen LogP) is 0.984. The van der Waals surface area contributed by atoms with Crippen LogP contribution < -0.4 is 4.74 Å². The van der Waals surface area contributed by atoms with Crippen molar-refractivity contribution in [1.29, 1.82) is 0 Å². The molecule has 0 saturated carbocycles. The van der Waals surface area contributed by atoms with E-state index in [1.807, 2.05) is 30.3 Å². The van der Waals surface area contributed by atoms with Crippen molar-refractivity contribution in [2.24, 2.45) is 0 Å². The van der Waals surface area contributed by atoms with E-state index >= 15 is 0 Å². The Bertz CT molecular complexity index is 742. The van der Waals surface area contributed by atoms with Crippen molar-refractivity contribution in [1.82, 2.24) is 4.90 Å². The third kappa shape index (κ3) is 2.25. The number of ketones is 1. The molecule has 2 saturated heterocycles. The smallest absolute Gasteiger partial charge is 0.172 e. The molecule has 0 unspecified atom stereocenters. The van der Waals surface area contributed by atoms with Crippen LogP contribution in [0.25, 0.3) is 0 Å². The van der Waals surface area contributed by atoms with Crippen LogP contribution in [0.3, 0.4) is 0 Å². The molecule has 4 rings (SSSR count). The topological polar surface area (TPSA) is 63.7 Å². The Morgan fingerprint density at radius 1 is 1.21 bits per heavy atom. The first-order valence-corrected chi connectivity index (χ1v) is 10.6. The van der Waals surface area contributed by atoms with Gasteiger partial charge in [0.25, 0.3) is 0 Å². The Hall–Kier alpha value is -1.31. The Morgan fingerprint density at radius 2 is 1.88 bits per heavy atom. The molecule has 0 aromatic heterocycles. The van der Waals surface area contributed by atoms with Gasteiger partial charge in [-0.25, -0.2) is 0 Å². The quantitative estimate of drug-likeness (QED) is 0.799. The van der Waals surface area contributed by atoms with Crippen LogP contribution in [-0.4, -0.2) is 53.9 Å². The van der Waals surface area contributed by atoms with E-state index in [0.29, 0.717) is 24.5 Å². The highest BCUT2D eigenvalue weighted by molar-refractivity contribution is 8.07. The van der Waals surface area contributed by atoms with E-state index in [0.717, 1.165) is 11.3 Å². The fourth-order valence-electron chi connectivity index (χ4n) is 3.98. The average Bonchev–Trinajstić information content (AvgIpc) is 3.00. The minimum Gasteiger partial charge on any atom is -0.497 e. The number of benzene rings is 1. The van der Waals surface area contributed by atoms with E-state index in [2.05, 4.69) is 4.90 Å². The molecule has 4 atom stereocenters. The zero-order valence-electron chi connectivity index (χ0n) is 13.3. The zero-order chi connectivity index (χ0) is 16.9. The maximum atomic E-state index is 12.7. The molecule has 0 N–H and O–H groups in total. The van der Waals surface area contributed by atoms with Crippen molar-refractivity contribution in [3.05, 3.63) is 42.0 Å². The van der Waals surface area contributed by atoms with Gasteiger partial charge in [-0.2, -0.15) is 0 Å². The second-order valence-electron chi connectivity index (χ2n) is 6.36. The van der Waals surface area contributed by atoms with Gasteiger partial charge in [-0.3, -0.25) is 18.1 Å². The van der Waals surface area contributed by atoms with Crippen molar-refractivity contribution in [2.75, 3.05) is 18.6 Å². The van der Waals surface area contributed by atoms with Crippen LogP contribution in [0.4, 0.5) is 0 Å². The third-order valence-electron chi connectivity index (χ3n) is 5.21. The number of fused-ring (bicyclic) bond motifs is 3. The molecule has 1 spiro atoms. The maximum Gasteiger partial charge on any atom is 0.172 e. The molecule has 0 radical (unpaired) electrons. The number of methoxy groups -OCH3 is 1. The Labute approximate surface area is 146 Å². The van der Waals surface area contributed by atoms with E-state index in [4.69, 9.17) is 4.74 Å². The van der Waals surface area contributed by atoms with Crippen LogP contribution >= 0.6 is 0 Å². The molecular weight excluding hydrogens is 346 g/mol. The van der Waals surface area contributed by atoms with Crippen LogP contribution in [0.2, 0.25) is 0 Å². The summed E-state index contributed by atoms with van der Waals surface area (Å²) in [6.07, 6.45) is 3.83. The molecule has 5 nitrogen and oxygen atoms in total. The van der Waals surface area contributed by atoms with Crippen LogP contribution in [0.1, 0.15) is 12.0 Å². The standard InChI is InChI=1S/C17H19NO4S2/c1-22-13-4-2-12(3-5-13)11-18-14-10-17(16(18)7-6-15(14)19)23(20)8-9-24(17)21/h2-7,14,16H,8-11H2,1H3/t14-,16-,23-,24-/m1/s1. The first kappa shape index (κ1) is 16.2. The van der Waals surface area contributed by atoms with Crippen molar-refractivity contribution < 1.29 is 17.9 Å². The molecular formula is C17H19NO4S2. The lowest BCUT2D eigenvalue weighted by Crippen LogP contribution is -2.48. The summed E-state index contributed by atoms with van der Waals surface area (Å²) in [4.78, 5) is 14.4. The van der Waals surface area contributed by atoms with E-state index in [9.17, 15) is 13.2 Å². The molecule has 2 fully saturated rings. The highest BCUT2D eigenvalue weighted by Crippen LogP contribution is 2.47. The SMILES string of the molecule is COc1ccc(CN2[C@@H]3CC4([C@H]2C=CC3=O)[S@](=O)CC[S@]4=O)cc1. The summed E-state index contributed by atoms with van der Waals surface area (Å²) >= 11 is 0. The van der Waals surface area contributed by atoms with Crippen LogP contribution in [0.15, 0.2) is 36.4 Å². The fraction of sp³-hybridized carbons (Fsp3) is 0.471. The monoisotopic (exact) mass is 365 g/mol. The van der Waals surface area contributed by atoms with Gasteiger partial charge in [0.05, 0.1) is 19.2 Å². The number of hydrogen-bond acceptors (Lipinski definition) is 5. The Kier molecular flexibility index (Phi) is 3.97. The molecule has 3 aliphatic heterocycles. The second-order valence-corrected chi connectivity index (χ2v) is 10.3. The van der Waals surface area contributed by atoms with Gasteiger partial charge in [0.2, 0.25) is 0 Å². The summed E-state index contributed by atoms with van der Waals surface area (Å²) in [5, 5.41) is 0. The number of carbonyl (C=O) groups is 1. The van der Waals surface area contributed by atoms with Gasteiger partial charge in [0, 0.05) is 46.1 Å². The summed E-state index contributed by atoms with van der Waals surface area (Å²) in [5.74, 6) is 1.74. The summed E-state index contributed by atoms with van der Waals surface area (Å²) in [6.45, 7) is 0.575. The van der Waals surface area contributed by atoms with E-state index in [1.165, 1.54) is 0 Å². The number of nitrogens with zero attached hydrogens (tertiary/aromatic N) is 1. The van der Waals surface area contributed by atoms with Gasteiger partial charge in [-0.05, 0) is 23.8 Å². The number of carbonyl (C=O) groups excluding carboxylic acids is 1. The van der Waals surface area contributed by atoms with Crippen molar-refractivity contribution >= 4 is 27.4 Å². The lowest BCUT2D eigenvalue weighted by atomic mass is 10.1. The van der Waals surface area contributed by atoms with Crippen LogP contribution in [-0.2, 0) is 32.9 Å². The number of rotatable bonds is 3. The van der Waals surface area contributed by atoms with Crippen LogP contribution in [0, 0.1) is 0 Å². The third-order valence-corrected chi connectivity index (χ3v) is 10.1. The van der Waals surface area contributed by atoms with E-state index < -0.39 is 25.7 Å². The van der Waals surface area contributed by atoms with Crippen molar-refractivity contribution in [2.45, 2.75) is 29.1 Å². The first-order chi connectivity index (χ1) is 11.6. The second kappa shape index (κ2) is 5.89. The highest BCUT2D eigenvalue weighted by Gasteiger charge is 2.63. The fourth-order valence-corrected chi connectivity index (χ4v) is 8.86. The molecule has 7 heteroatoms. The molecule has 3 heterocycles. The van der Waals surface area contributed by atoms with E-state index in [-0.39, 0.29) is 17.9 Å². The van der Waals surface area contributed by atoms with Gasteiger partial charge in [0.1, 0.15) is 9.83 Å². The van der Waals surface area contributed by atoms with Crippen LogP contribution in [0.5, 0.6) is 5.75 Å². The summed E-state index contributed by atoms with van der Waals surface area (Å²) in [5.41, 5.74) is 1.06. The molecule has 1 aromatic rings. The van der Waals surface area contributed by atoms with E-state index in [1.54, 1.807) is 13.2 Å². The number of ether oxygens (including phenoxy) is 1. The normalized spacial score (nSPS) is 34.1. The van der Waals surface area contributed by atoms with Gasteiger partial charge < -0.3 is 4.74 Å². The lowest BCUT2D eigenvalue weighted by Gasteiger charge is -2.33. The predicted molar refractivity (Wildman–Crippen MR) is 93.6 cm³/mol. The number of hydrogen-bond donors (Lipinski definition) is 0. The molecule has 0 aliphatic carbocycles. The van der Waals surface area contributed by atoms with Gasteiger partial charge in [0.15, 0.2) is 5.78 Å². The molecule has 3 aliphatic rings. The van der Waals surface area contributed by atoms with Gasteiger partial charge in [-0.15, -0.1) is 0 Å². The first-order valence-electron chi connectivity index (χ1n) is 7.94. The molecule has 0 amide bonds. The minimum absolute atomic E-state index is 0.0255. The lowest BCUT2D eigenvalue weighted by molar-refractivity contribution is -0.119. The molecule has 128 valence electrons. The average molecular weight is 365 g/mol. The minimum atomic E-state index is -1.16. The Balaban J connectivity index is 1.68. The maximum absolute atomic E-state index is 12.7. The molecule has 24 heavy (non-hydrogen) atoms. The highest BCUT2D eigenvalue weighted by atomic mass is 32.3. The molecule has 2 bridgehead atoms.